The van der Waals surface area contributed by atoms with Gasteiger partial charge in [-0.2, -0.15) is 0 Å². The maximum atomic E-state index is 12.1. The molecule has 1 amide bonds. The van der Waals surface area contributed by atoms with E-state index < -0.39 is 0 Å². The van der Waals surface area contributed by atoms with E-state index in [-0.39, 0.29) is 11.7 Å². The van der Waals surface area contributed by atoms with Gasteiger partial charge in [0.15, 0.2) is 5.16 Å². The van der Waals surface area contributed by atoms with Crippen molar-refractivity contribution in [3.8, 4) is 5.75 Å². The highest BCUT2D eigenvalue weighted by Gasteiger charge is 2.09. The first-order chi connectivity index (χ1) is 11.7. The van der Waals surface area contributed by atoms with E-state index in [1.54, 1.807) is 25.6 Å². The Hall–Kier alpha value is -2.67. The Kier molecular flexibility index (Phi) is 5.22. The monoisotopic (exact) mass is 343 g/mol. The van der Waals surface area contributed by atoms with Gasteiger partial charge in [0, 0.05) is 24.1 Å². The molecule has 1 N–H and O–H groups in total. The van der Waals surface area contributed by atoms with Crippen LogP contribution in [0.25, 0.3) is 0 Å². The number of hydrogen-bond donors (Lipinski definition) is 1. The zero-order valence-electron chi connectivity index (χ0n) is 13.1. The van der Waals surface area contributed by atoms with Crippen molar-refractivity contribution in [2.45, 2.75) is 11.7 Å². The summed E-state index contributed by atoms with van der Waals surface area (Å²) >= 11 is 1.38. The number of carbonyl (C=O) groups excluding carboxylic acids is 1. The number of nitrogens with one attached hydrogen (secondary N) is 1. The fraction of sp³-hybridized carbons (Fsp3) is 0.176. The lowest BCUT2D eigenvalue weighted by Gasteiger charge is -2.08. The summed E-state index contributed by atoms with van der Waals surface area (Å²) in [5.74, 6) is 1.72. The van der Waals surface area contributed by atoms with Crippen molar-refractivity contribution < 1.29 is 13.9 Å². The van der Waals surface area contributed by atoms with Gasteiger partial charge in [0.25, 0.3) is 0 Å². The highest BCUT2D eigenvalue weighted by molar-refractivity contribution is 7.99. The molecule has 0 spiro atoms. The molecule has 2 aromatic heterocycles. The van der Waals surface area contributed by atoms with Crippen LogP contribution in [0, 0.1) is 0 Å². The summed E-state index contributed by atoms with van der Waals surface area (Å²) in [5, 5.41) is 3.62. The van der Waals surface area contributed by atoms with Crippen molar-refractivity contribution in [2.24, 2.45) is 0 Å². The molecule has 0 aliphatic carbocycles. The first-order valence-corrected chi connectivity index (χ1v) is 8.33. The van der Waals surface area contributed by atoms with E-state index in [2.05, 4.69) is 10.3 Å². The summed E-state index contributed by atoms with van der Waals surface area (Å²) in [6.45, 7) is 0.590. The summed E-state index contributed by atoms with van der Waals surface area (Å²) in [5.41, 5.74) is 0.707. The minimum absolute atomic E-state index is 0.0965. The molecule has 1 aromatic carbocycles. The molecule has 24 heavy (non-hydrogen) atoms. The Labute approximate surface area is 143 Å². The number of imidazole rings is 1. The summed E-state index contributed by atoms with van der Waals surface area (Å²) in [7, 11) is 1.59. The number of furan rings is 1. The normalized spacial score (nSPS) is 10.5. The lowest BCUT2D eigenvalue weighted by atomic mass is 10.3. The lowest BCUT2D eigenvalue weighted by molar-refractivity contribution is -0.113. The molecule has 124 valence electrons. The van der Waals surface area contributed by atoms with Gasteiger partial charge in [-0.05, 0) is 24.3 Å². The number of methoxy groups -OCH3 is 1. The number of carbonyl (C=O) groups is 1. The topological polar surface area (TPSA) is 69.3 Å². The van der Waals surface area contributed by atoms with Crippen LogP contribution in [0.4, 0.5) is 5.69 Å². The predicted molar refractivity (Wildman–Crippen MR) is 92.4 cm³/mol. The Morgan fingerprint density at radius 3 is 3.08 bits per heavy atom. The first kappa shape index (κ1) is 16.2. The molecule has 0 radical (unpaired) electrons. The molecule has 0 unspecified atom stereocenters. The zero-order valence-corrected chi connectivity index (χ0v) is 14.0. The number of rotatable bonds is 7. The Bertz CT molecular complexity index is 799. The largest absolute Gasteiger partial charge is 0.497 e. The van der Waals surface area contributed by atoms with E-state index in [9.17, 15) is 4.79 Å². The predicted octanol–water partition coefficient (Wildman–Crippen LogP) is 3.26. The molecule has 0 atom stereocenters. The molecule has 6 nitrogen and oxygen atoms in total. The van der Waals surface area contributed by atoms with Crippen molar-refractivity contribution in [3.05, 3.63) is 60.8 Å². The summed E-state index contributed by atoms with van der Waals surface area (Å²) < 4.78 is 12.4. The van der Waals surface area contributed by atoms with Crippen LogP contribution in [0.3, 0.4) is 0 Å². The molecular weight excluding hydrogens is 326 g/mol. The van der Waals surface area contributed by atoms with E-state index in [1.807, 2.05) is 41.1 Å². The standard InChI is InChI=1S/C17H17N3O3S/c1-22-14-5-2-4-13(10-14)19-16(21)12-24-17-18-7-8-20(17)11-15-6-3-9-23-15/h2-10H,11-12H2,1H3,(H,19,21). The summed E-state index contributed by atoms with van der Waals surface area (Å²) in [6.07, 6.45) is 5.22. The number of thioether (sulfide) groups is 1. The van der Waals surface area contributed by atoms with Gasteiger partial charge in [-0.3, -0.25) is 4.79 Å². The SMILES string of the molecule is COc1cccc(NC(=O)CSc2nccn2Cc2ccco2)c1. The molecule has 0 aliphatic heterocycles. The van der Waals surface area contributed by atoms with E-state index >= 15 is 0 Å². The van der Waals surface area contributed by atoms with Crippen molar-refractivity contribution in [2.75, 3.05) is 18.2 Å². The van der Waals surface area contributed by atoms with Crippen LogP contribution in [-0.2, 0) is 11.3 Å². The highest BCUT2D eigenvalue weighted by Crippen LogP contribution is 2.20. The van der Waals surface area contributed by atoms with Crippen LogP contribution in [0.1, 0.15) is 5.76 Å². The van der Waals surface area contributed by atoms with Crippen molar-refractivity contribution in [1.29, 1.82) is 0 Å². The number of benzene rings is 1. The minimum atomic E-state index is -0.0965. The third kappa shape index (κ3) is 4.20. The highest BCUT2D eigenvalue weighted by atomic mass is 32.2. The third-order valence-electron chi connectivity index (χ3n) is 3.27. The van der Waals surface area contributed by atoms with Gasteiger partial charge >= 0.3 is 0 Å². The van der Waals surface area contributed by atoms with Gasteiger partial charge in [-0.25, -0.2) is 4.98 Å². The van der Waals surface area contributed by atoms with Crippen LogP contribution in [0.5, 0.6) is 5.75 Å². The van der Waals surface area contributed by atoms with Crippen LogP contribution in [0.2, 0.25) is 0 Å². The number of aromatic nitrogens is 2. The van der Waals surface area contributed by atoms with E-state index in [4.69, 9.17) is 9.15 Å². The van der Waals surface area contributed by atoms with Crippen molar-refractivity contribution >= 4 is 23.4 Å². The maximum absolute atomic E-state index is 12.1. The zero-order chi connectivity index (χ0) is 16.8. The van der Waals surface area contributed by atoms with Crippen LogP contribution < -0.4 is 10.1 Å². The number of ether oxygens (including phenoxy) is 1. The molecule has 0 aliphatic rings. The van der Waals surface area contributed by atoms with Gasteiger partial charge < -0.3 is 19.0 Å². The maximum Gasteiger partial charge on any atom is 0.234 e. The third-order valence-corrected chi connectivity index (χ3v) is 4.27. The molecule has 0 saturated carbocycles. The number of amides is 1. The van der Waals surface area contributed by atoms with Gasteiger partial charge in [0.05, 0.1) is 25.7 Å². The Morgan fingerprint density at radius 2 is 2.29 bits per heavy atom. The molecule has 3 aromatic rings. The van der Waals surface area contributed by atoms with Gasteiger partial charge in [0.1, 0.15) is 11.5 Å². The molecule has 0 saturated heterocycles. The second-order valence-electron chi connectivity index (χ2n) is 4.99. The van der Waals surface area contributed by atoms with Crippen LogP contribution >= 0.6 is 11.8 Å². The van der Waals surface area contributed by atoms with Crippen molar-refractivity contribution in [3.63, 3.8) is 0 Å². The molecule has 7 heteroatoms. The Balaban J connectivity index is 1.55. The summed E-state index contributed by atoms with van der Waals surface area (Å²) in [6, 6.07) is 11.0. The fourth-order valence-electron chi connectivity index (χ4n) is 2.15. The number of nitrogens with zero attached hydrogens (tertiary/aromatic N) is 2. The van der Waals surface area contributed by atoms with Gasteiger partial charge in [0.2, 0.25) is 5.91 Å². The first-order valence-electron chi connectivity index (χ1n) is 7.35. The second kappa shape index (κ2) is 7.74. The molecule has 2 heterocycles. The van der Waals surface area contributed by atoms with Gasteiger partial charge in [-0.15, -0.1) is 0 Å². The molecular formula is C17H17N3O3S. The van der Waals surface area contributed by atoms with Crippen LogP contribution in [-0.4, -0.2) is 28.3 Å². The van der Waals surface area contributed by atoms with E-state index in [0.717, 1.165) is 10.9 Å². The minimum Gasteiger partial charge on any atom is -0.497 e. The lowest BCUT2D eigenvalue weighted by Crippen LogP contribution is -2.14. The van der Waals surface area contributed by atoms with Crippen molar-refractivity contribution in [1.82, 2.24) is 9.55 Å². The smallest absolute Gasteiger partial charge is 0.234 e. The molecule has 3 rings (SSSR count). The fourth-order valence-corrected chi connectivity index (χ4v) is 2.91. The molecule has 0 bridgehead atoms. The quantitative estimate of drug-likeness (QED) is 0.667. The number of hydrogen-bond acceptors (Lipinski definition) is 5. The molecule has 0 fully saturated rings. The van der Waals surface area contributed by atoms with Crippen LogP contribution in [0.15, 0.2) is 64.6 Å². The average molecular weight is 343 g/mol. The van der Waals surface area contributed by atoms with E-state index in [0.29, 0.717) is 18.0 Å². The number of anilines is 1. The van der Waals surface area contributed by atoms with Gasteiger partial charge in [-0.1, -0.05) is 17.8 Å². The summed E-state index contributed by atoms with van der Waals surface area (Å²) in [4.78, 5) is 16.4. The Morgan fingerprint density at radius 1 is 1.38 bits per heavy atom. The average Bonchev–Trinajstić information content (AvgIpc) is 3.25. The van der Waals surface area contributed by atoms with E-state index in [1.165, 1.54) is 11.8 Å². The second-order valence-corrected chi connectivity index (χ2v) is 5.93.